The first-order chi connectivity index (χ1) is 14.7. The van der Waals surface area contributed by atoms with E-state index in [1.807, 2.05) is 0 Å². The van der Waals surface area contributed by atoms with Crippen molar-refractivity contribution in [3.05, 3.63) is 71.6 Å². The predicted octanol–water partition coefficient (Wildman–Crippen LogP) is 3.44. The average Bonchev–Trinajstić information content (AvgIpc) is 3.27. The Morgan fingerprint density at radius 3 is 2.29 bits per heavy atom. The summed E-state index contributed by atoms with van der Waals surface area (Å²) in [6, 6.07) is 12.9. The third kappa shape index (κ3) is 5.04. The van der Waals surface area contributed by atoms with E-state index < -0.39 is 31.7 Å². The lowest BCUT2D eigenvalue weighted by atomic mass is 10.3. The zero-order valence-corrected chi connectivity index (χ0v) is 19.0. The van der Waals surface area contributed by atoms with Gasteiger partial charge in [-0.3, -0.25) is 0 Å². The van der Waals surface area contributed by atoms with Crippen LogP contribution in [0.2, 0.25) is 5.02 Å². The summed E-state index contributed by atoms with van der Waals surface area (Å²) in [5.74, 6) is 0.483. The number of rotatable bonds is 9. The van der Waals surface area contributed by atoms with Crippen molar-refractivity contribution in [3.8, 4) is 11.5 Å². The normalized spacial score (nSPS) is 13.0. The lowest BCUT2D eigenvalue weighted by molar-refractivity contribution is 0.392. The summed E-state index contributed by atoms with van der Waals surface area (Å²) < 4.78 is 70.3. The van der Waals surface area contributed by atoms with E-state index in [9.17, 15) is 16.8 Å². The van der Waals surface area contributed by atoms with Gasteiger partial charge in [0.05, 0.1) is 25.4 Å². The van der Waals surface area contributed by atoms with Gasteiger partial charge in [-0.2, -0.15) is 0 Å². The Hall–Kier alpha value is -2.53. The molecule has 1 heterocycles. The van der Waals surface area contributed by atoms with E-state index in [0.717, 1.165) is 0 Å². The fraction of sp³-hybridized carbons (Fsp3) is 0.200. The number of furan rings is 1. The van der Waals surface area contributed by atoms with Crippen molar-refractivity contribution in [2.75, 3.05) is 20.8 Å². The molecule has 166 valence electrons. The predicted molar refractivity (Wildman–Crippen MR) is 115 cm³/mol. The van der Waals surface area contributed by atoms with Crippen molar-refractivity contribution in [1.82, 2.24) is 4.72 Å². The Morgan fingerprint density at radius 2 is 1.71 bits per heavy atom. The molecular formula is C20H20ClNO7S2. The van der Waals surface area contributed by atoms with Crippen molar-refractivity contribution in [2.24, 2.45) is 0 Å². The number of hydrogen-bond donors (Lipinski definition) is 1. The summed E-state index contributed by atoms with van der Waals surface area (Å²) >= 11 is 5.86. The van der Waals surface area contributed by atoms with Gasteiger partial charge in [-0.1, -0.05) is 11.6 Å². The molecule has 11 heteroatoms. The maximum atomic E-state index is 13.2. The largest absolute Gasteiger partial charge is 0.497 e. The quantitative estimate of drug-likeness (QED) is 0.494. The second-order valence-electron chi connectivity index (χ2n) is 6.37. The fourth-order valence-corrected chi connectivity index (χ4v) is 5.93. The van der Waals surface area contributed by atoms with Crippen LogP contribution >= 0.6 is 11.6 Å². The first-order valence-electron chi connectivity index (χ1n) is 8.93. The molecule has 0 radical (unpaired) electrons. The Bertz CT molecular complexity index is 1240. The number of benzene rings is 2. The van der Waals surface area contributed by atoms with Crippen molar-refractivity contribution in [1.29, 1.82) is 0 Å². The van der Waals surface area contributed by atoms with E-state index in [1.165, 1.54) is 69.0 Å². The molecule has 8 nitrogen and oxygen atoms in total. The van der Waals surface area contributed by atoms with Gasteiger partial charge in [0.15, 0.2) is 9.84 Å². The molecule has 31 heavy (non-hydrogen) atoms. The standard InChI is InChI=1S/C20H20ClNO7S2/c1-27-15-7-10-17(28-2)19(12-15)31(25,26)22-13-20(18-4-3-11-29-18)30(23,24)16-8-5-14(21)6-9-16/h3-12,20,22H,13H2,1-2H3/t20-/m0/s1. The van der Waals surface area contributed by atoms with Crippen LogP contribution in [0, 0.1) is 0 Å². The number of sulfone groups is 1. The van der Waals surface area contributed by atoms with Crippen molar-refractivity contribution in [2.45, 2.75) is 15.0 Å². The van der Waals surface area contributed by atoms with E-state index in [2.05, 4.69) is 4.72 Å². The van der Waals surface area contributed by atoms with Gasteiger partial charge in [-0.05, 0) is 48.5 Å². The third-order valence-electron chi connectivity index (χ3n) is 4.50. The molecule has 0 aliphatic rings. The van der Waals surface area contributed by atoms with E-state index in [4.69, 9.17) is 25.5 Å². The van der Waals surface area contributed by atoms with Crippen LogP contribution in [-0.2, 0) is 19.9 Å². The molecule has 0 saturated carbocycles. The molecular weight excluding hydrogens is 466 g/mol. The smallest absolute Gasteiger partial charge is 0.244 e. The maximum Gasteiger partial charge on any atom is 0.244 e. The number of methoxy groups -OCH3 is 2. The van der Waals surface area contributed by atoms with Gasteiger partial charge in [0, 0.05) is 17.6 Å². The Balaban J connectivity index is 1.96. The molecule has 0 spiro atoms. The molecule has 1 N–H and O–H groups in total. The molecule has 0 saturated heterocycles. The van der Waals surface area contributed by atoms with Gasteiger partial charge < -0.3 is 13.9 Å². The van der Waals surface area contributed by atoms with E-state index in [1.54, 1.807) is 6.07 Å². The molecule has 2 aromatic carbocycles. The minimum Gasteiger partial charge on any atom is -0.497 e. The second-order valence-corrected chi connectivity index (χ2v) is 10.7. The number of ether oxygens (including phenoxy) is 2. The van der Waals surface area contributed by atoms with Crippen LogP contribution in [0.5, 0.6) is 11.5 Å². The van der Waals surface area contributed by atoms with E-state index >= 15 is 0 Å². The molecule has 1 atom stereocenters. The molecule has 0 aliphatic heterocycles. The summed E-state index contributed by atoms with van der Waals surface area (Å²) in [5.41, 5.74) is 0. The van der Waals surface area contributed by atoms with Crippen LogP contribution in [0.1, 0.15) is 11.0 Å². The van der Waals surface area contributed by atoms with Crippen molar-refractivity contribution >= 4 is 31.5 Å². The highest BCUT2D eigenvalue weighted by atomic mass is 35.5. The SMILES string of the molecule is COc1ccc(OC)c(S(=O)(=O)NC[C@@H](c2ccco2)S(=O)(=O)c2ccc(Cl)cc2)c1. The van der Waals surface area contributed by atoms with Crippen LogP contribution in [0.15, 0.2) is 75.1 Å². The summed E-state index contributed by atoms with van der Waals surface area (Å²) in [5, 5.41) is -0.936. The summed E-state index contributed by atoms with van der Waals surface area (Å²) in [7, 11) is -5.43. The molecule has 0 aliphatic carbocycles. The first-order valence-corrected chi connectivity index (χ1v) is 12.3. The van der Waals surface area contributed by atoms with Crippen LogP contribution in [-0.4, -0.2) is 37.6 Å². The zero-order valence-electron chi connectivity index (χ0n) is 16.6. The molecule has 0 bridgehead atoms. The van der Waals surface area contributed by atoms with Gasteiger partial charge >= 0.3 is 0 Å². The Morgan fingerprint density at radius 1 is 1.00 bits per heavy atom. The Labute approximate surface area is 185 Å². The van der Waals surface area contributed by atoms with E-state index in [0.29, 0.717) is 10.8 Å². The summed E-state index contributed by atoms with van der Waals surface area (Å²) in [6.07, 6.45) is 1.32. The summed E-state index contributed by atoms with van der Waals surface area (Å²) in [6.45, 7) is -0.471. The van der Waals surface area contributed by atoms with Crippen LogP contribution in [0.4, 0.5) is 0 Å². The minimum atomic E-state index is -4.15. The van der Waals surface area contributed by atoms with Crippen molar-refractivity contribution < 1.29 is 30.7 Å². The first kappa shape index (κ1) is 23.1. The number of sulfonamides is 1. The molecule has 0 amide bonds. The van der Waals surface area contributed by atoms with Gasteiger partial charge in [0.1, 0.15) is 27.4 Å². The van der Waals surface area contributed by atoms with Crippen LogP contribution in [0.25, 0.3) is 0 Å². The number of nitrogens with one attached hydrogen (secondary N) is 1. The third-order valence-corrected chi connectivity index (χ3v) is 8.27. The highest BCUT2D eigenvalue weighted by Crippen LogP contribution is 2.32. The van der Waals surface area contributed by atoms with Gasteiger partial charge in [0.2, 0.25) is 10.0 Å². The number of halogens is 1. The Kier molecular flexibility index (Phi) is 6.95. The lowest BCUT2D eigenvalue weighted by Crippen LogP contribution is -2.32. The molecule has 0 unspecified atom stereocenters. The molecule has 3 aromatic rings. The van der Waals surface area contributed by atoms with Crippen LogP contribution in [0.3, 0.4) is 0 Å². The van der Waals surface area contributed by atoms with Gasteiger partial charge in [0.25, 0.3) is 0 Å². The van der Waals surface area contributed by atoms with Crippen molar-refractivity contribution in [3.63, 3.8) is 0 Å². The van der Waals surface area contributed by atoms with E-state index in [-0.39, 0.29) is 21.3 Å². The topological polar surface area (TPSA) is 112 Å². The molecule has 3 rings (SSSR count). The van der Waals surface area contributed by atoms with Gasteiger partial charge in [-0.15, -0.1) is 0 Å². The maximum absolute atomic E-state index is 13.2. The summed E-state index contributed by atoms with van der Waals surface area (Å²) in [4.78, 5) is -0.201. The number of hydrogen-bond acceptors (Lipinski definition) is 7. The average molecular weight is 486 g/mol. The highest BCUT2D eigenvalue weighted by Gasteiger charge is 2.33. The lowest BCUT2D eigenvalue weighted by Gasteiger charge is -2.18. The monoisotopic (exact) mass is 485 g/mol. The molecule has 0 fully saturated rings. The second kappa shape index (κ2) is 9.31. The van der Waals surface area contributed by atoms with Gasteiger partial charge in [-0.25, -0.2) is 21.6 Å². The minimum absolute atomic E-state index is 0.0172. The van der Waals surface area contributed by atoms with Crippen LogP contribution < -0.4 is 14.2 Å². The highest BCUT2D eigenvalue weighted by molar-refractivity contribution is 7.92. The fourth-order valence-electron chi connectivity index (χ4n) is 2.88. The zero-order chi connectivity index (χ0) is 22.6. The molecule has 1 aromatic heterocycles.